The van der Waals surface area contributed by atoms with Crippen molar-refractivity contribution in [2.75, 3.05) is 13.1 Å². The molecular formula is C18H20F3NO2. The zero-order valence-electron chi connectivity index (χ0n) is 13.1. The number of hydrogen-bond acceptors (Lipinski definition) is 3. The van der Waals surface area contributed by atoms with Gasteiger partial charge in [-0.2, -0.15) is 13.2 Å². The molecule has 3 rings (SSSR count). The summed E-state index contributed by atoms with van der Waals surface area (Å²) in [5.41, 5.74) is 0.794. The van der Waals surface area contributed by atoms with Crippen LogP contribution in [0.3, 0.4) is 0 Å². The van der Waals surface area contributed by atoms with Gasteiger partial charge in [-0.25, -0.2) is 0 Å². The lowest BCUT2D eigenvalue weighted by Gasteiger charge is -2.35. The molecule has 0 aliphatic carbocycles. The topological polar surface area (TPSA) is 43.7 Å². The Morgan fingerprint density at radius 2 is 1.75 bits per heavy atom. The van der Waals surface area contributed by atoms with Crippen molar-refractivity contribution in [2.24, 2.45) is 5.92 Å². The summed E-state index contributed by atoms with van der Waals surface area (Å²) in [7, 11) is 0. The minimum Gasteiger partial charge on any atom is -0.508 e. The van der Waals surface area contributed by atoms with Crippen LogP contribution in [0.1, 0.15) is 18.4 Å². The van der Waals surface area contributed by atoms with Crippen LogP contribution in [0.4, 0.5) is 13.2 Å². The van der Waals surface area contributed by atoms with Gasteiger partial charge in [-0.3, -0.25) is 4.90 Å². The molecule has 1 aliphatic heterocycles. The molecule has 0 aromatic heterocycles. The van der Waals surface area contributed by atoms with Gasteiger partial charge in [-0.15, -0.1) is 0 Å². The minimum atomic E-state index is -4.55. The van der Waals surface area contributed by atoms with Crippen LogP contribution >= 0.6 is 0 Å². The number of aliphatic hydroxyl groups excluding tert-OH is 1. The maximum Gasteiger partial charge on any atom is 0.414 e. The zero-order chi connectivity index (χ0) is 17.3. The average Bonchev–Trinajstić information content (AvgIpc) is 2.56. The van der Waals surface area contributed by atoms with E-state index in [1.54, 1.807) is 6.07 Å². The van der Waals surface area contributed by atoms with Crippen molar-refractivity contribution in [1.29, 1.82) is 0 Å². The number of aliphatic hydroxyl groups is 1. The van der Waals surface area contributed by atoms with Gasteiger partial charge in [0.25, 0.3) is 0 Å². The van der Waals surface area contributed by atoms with E-state index in [2.05, 4.69) is 0 Å². The van der Waals surface area contributed by atoms with Crippen LogP contribution < -0.4 is 0 Å². The van der Waals surface area contributed by atoms with E-state index in [0.717, 1.165) is 16.3 Å². The molecule has 0 saturated carbocycles. The molecule has 0 bridgehead atoms. The van der Waals surface area contributed by atoms with Crippen LogP contribution in [0.15, 0.2) is 36.4 Å². The smallest absolute Gasteiger partial charge is 0.414 e. The van der Waals surface area contributed by atoms with Crippen LogP contribution in [0, 0.1) is 5.92 Å². The Kier molecular flexibility index (Phi) is 4.69. The molecule has 1 fully saturated rings. The Balaban J connectivity index is 1.70. The fourth-order valence-corrected chi connectivity index (χ4v) is 3.41. The summed E-state index contributed by atoms with van der Waals surface area (Å²) >= 11 is 0. The normalized spacial score (nSPS) is 18.8. The number of likely N-dealkylation sites (tertiary alicyclic amines) is 1. The van der Waals surface area contributed by atoms with Gasteiger partial charge in [0, 0.05) is 12.1 Å². The van der Waals surface area contributed by atoms with Crippen LogP contribution in [0.25, 0.3) is 10.8 Å². The second-order valence-electron chi connectivity index (χ2n) is 6.38. The lowest BCUT2D eigenvalue weighted by Crippen LogP contribution is -2.43. The van der Waals surface area contributed by atoms with Crippen LogP contribution in [-0.2, 0) is 6.54 Å². The first-order chi connectivity index (χ1) is 11.4. The van der Waals surface area contributed by atoms with E-state index in [1.165, 1.54) is 0 Å². The predicted molar refractivity (Wildman–Crippen MR) is 85.7 cm³/mol. The number of nitrogens with zero attached hydrogens (tertiary/aromatic N) is 1. The van der Waals surface area contributed by atoms with Gasteiger partial charge < -0.3 is 10.2 Å². The van der Waals surface area contributed by atoms with E-state index >= 15 is 0 Å². The highest BCUT2D eigenvalue weighted by molar-refractivity contribution is 5.87. The minimum absolute atomic E-state index is 0.200. The number of phenolic OH excluding ortho intramolecular Hbond substituents is 1. The number of rotatable bonds is 3. The standard InChI is InChI=1S/C18H20F3NO2/c19-18(20,21)17(24)13-7-9-22(10-8-13)11-15-14-4-2-1-3-12(14)5-6-16(15)23/h1-6,13,17,23-24H,7-11H2. The number of benzene rings is 2. The quantitative estimate of drug-likeness (QED) is 0.896. The molecule has 0 amide bonds. The number of piperidine rings is 1. The average molecular weight is 339 g/mol. The molecule has 0 radical (unpaired) electrons. The summed E-state index contributed by atoms with van der Waals surface area (Å²) in [6.07, 6.45) is -6.20. The number of aromatic hydroxyl groups is 1. The Morgan fingerprint density at radius 3 is 2.42 bits per heavy atom. The Hall–Kier alpha value is -1.79. The number of phenols is 1. The first-order valence-electron chi connectivity index (χ1n) is 8.03. The third-order valence-electron chi connectivity index (χ3n) is 4.81. The lowest BCUT2D eigenvalue weighted by molar-refractivity contribution is -0.223. The fraction of sp³-hybridized carbons (Fsp3) is 0.444. The predicted octanol–water partition coefficient (Wildman–Crippen LogP) is 3.68. The second-order valence-corrected chi connectivity index (χ2v) is 6.38. The molecule has 130 valence electrons. The van der Waals surface area contributed by atoms with E-state index < -0.39 is 18.2 Å². The maximum atomic E-state index is 12.6. The molecule has 2 aromatic carbocycles. The largest absolute Gasteiger partial charge is 0.508 e. The van der Waals surface area contributed by atoms with Crippen molar-refractivity contribution in [3.05, 3.63) is 42.0 Å². The first kappa shape index (κ1) is 17.0. The summed E-state index contributed by atoms with van der Waals surface area (Å²) in [4.78, 5) is 2.03. The van der Waals surface area contributed by atoms with Crippen molar-refractivity contribution in [1.82, 2.24) is 4.90 Å². The van der Waals surface area contributed by atoms with Crippen molar-refractivity contribution in [3.8, 4) is 5.75 Å². The number of halogens is 3. The van der Waals surface area contributed by atoms with Crippen LogP contribution in [-0.4, -0.2) is 40.5 Å². The highest BCUT2D eigenvalue weighted by atomic mass is 19.4. The fourth-order valence-electron chi connectivity index (χ4n) is 3.41. The molecule has 1 atom stereocenters. The Labute approximate surface area is 138 Å². The molecule has 6 heteroatoms. The molecular weight excluding hydrogens is 319 g/mol. The van der Waals surface area contributed by atoms with Crippen molar-refractivity contribution in [3.63, 3.8) is 0 Å². The highest BCUT2D eigenvalue weighted by Crippen LogP contribution is 2.33. The maximum absolute atomic E-state index is 12.6. The first-order valence-corrected chi connectivity index (χ1v) is 8.03. The highest BCUT2D eigenvalue weighted by Gasteiger charge is 2.44. The molecule has 2 aromatic rings. The molecule has 1 aliphatic rings. The molecule has 1 unspecified atom stereocenters. The second kappa shape index (κ2) is 6.61. The Bertz CT molecular complexity index is 709. The lowest BCUT2D eigenvalue weighted by atomic mass is 9.90. The van der Waals surface area contributed by atoms with Gasteiger partial charge in [0.2, 0.25) is 0 Å². The molecule has 24 heavy (non-hydrogen) atoms. The summed E-state index contributed by atoms with van der Waals surface area (Å²) in [6.45, 7) is 1.43. The van der Waals surface area contributed by atoms with Crippen molar-refractivity contribution in [2.45, 2.75) is 31.7 Å². The van der Waals surface area contributed by atoms with Gasteiger partial charge >= 0.3 is 6.18 Å². The van der Waals surface area contributed by atoms with E-state index in [0.29, 0.717) is 32.5 Å². The summed E-state index contributed by atoms with van der Waals surface area (Å²) < 4.78 is 37.8. The van der Waals surface area contributed by atoms with Crippen LogP contribution in [0.5, 0.6) is 5.75 Å². The van der Waals surface area contributed by atoms with Crippen molar-refractivity contribution >= 4 is 10.8 Å². The zero-order valence-corrected chi connectivity index (χ0v) is 13.1. The summed E-state index contributed by atoms with van der Waals surface area (Å²) in [5, 5.41) is 21.5. The van der Waals surface area contributed by atoms with E-state index in [4.69, 9.17) is 0 Å². The Morgan fingerprint density at radius 1 is 1.08 bits per heavy atom. The van der Waals surface area contributed by atoms with E-state index in [-0.39, 0.29) is 5.75 Å². The molecule has 2 N–H and O–H groups in total. The number of alkyl halides is 3. The molecule has 0 spiro atoms. The van der Waals surface area contributed by atoms with Gasteiger partial charge in [-0.05, 0) is 48.7 Å². The summed E-state index contributed by atoms with van der Waals surface area (Å²) in [6, 6.07) is 11.2. The van der Waals surface area contributed by atoms with E-state index in [1.807, 2.05) is 35.2 Å². The van der Waals surface area contributed by atoms with Crippen LogP contribution in [0.2, 0.25) is 0 Å². The SMILES string of the molecule is Oc1ccc2ccccc2c1CN1CCC(C(O)C(F)(F)F)CC1. The monoisotopic (exact) mass is 339 g/mol. The third kappa shape index (κ3) is 3.49. The number of hydrogen-bond donors (Lipinski definition) is 2. The van der Waals surface area contributed by atoms with Gasteiger partial charge in [0.15, 0.2) is 6.10 Å². The summed E-state index contributed by atoms with van der Waals surface area (Å²) in [5.74, 6) is -0.548. The van der Waals surface area contributed by atoms with Gasteiger partial charge in [0.05, 0.1) is 0 Å². The van der Waals surface area contributed by atoms with E-state index in [9.17, 15) is 23.4 Å². The molecule has 1 heterocycles. The molecule has 3 nitrogen and oxygen atoms in total. The van der Waals surface area contributed by atoms with Crippen molar-refractivity contribution < 1.29 is 23.4 Å². The molecule has 1 saturated heterocycles. The van der Waals surface area contributed by atoms with Gasteiger partial charge in [0.1, 0.15) is 5.75 Å². The van der Waals surface area contributed by atoms with Gasteiger partial charge in [-0.1, -0.05) is 30.3 Å². The number of fused-ring (bicyclic) bond motifs is 1. The third-order valence-corrected chi connectivity index (χ3v) is 4.81.